The number of nitrogens with one attached hydrogen (secondary N) is 1. The molecule has 27 heavy (non-hydrogen) atoms. The van der Waals surface area contributed by atoms with Crippen LogP contribution in [0.2, 0.25) is 0 Å². The van der Waals surface area contributed by atoms with Crippen molar-refractivity contribution in [2.45, 2.75) is 20.3 Å². The van der Waals surface area contributed by atoms with Crippen LogP contribution in [0, 0.1) is 6.92 Å². The Morgan fingerprint density at radius 2 is 1.96 bits per heavy atom. The highest BCUT2D eigenvalue weighted by molar-refractivity contribution is 7.14. The van der Waals surface area contributed by atoms with Gasteiger partial charge in [0.2, 0.25) is 5.91 Å². The summed E-state index contributed by atoms with van der Waals surface area (Å²) in [6.45, 7) is 4.56. The molecule has 5 nitrogen and oxygen atoms in total. The average Bonchev–Trinajstić information content (AvgIpc) is 3.12. The van der Waals surface area contributed by atoms with Gasteiger partial charge in [0.25, 0.3) is 0 Å². The number of amides is 1. The van der Waals surface area contributed by atoms with E-state index < -0.39 is 0 Å². The Morgan fingerprint density at radius 1 is 1.19 bits per heavy atom. The molecule has 1 heterocycles. The van der Waals surface area contributed by atoms with E-state index in [1.165, 1.54) is 11.3 Å². The molecule has 0 radical (unpaired) electrons. The Kier molecular flexibility index (Phi) is 6.08. The number of benzene rings is 2. The maximum Gasteiger partial charge on any atom is 0.230 e. The lowest BCUT2D eigenvalue weighted by atomic mass is 10.1. The van der Waals surface area contributed by atoms with Crippen LogP contribution in [0.1, 0.15) is 18.1 Å². The molecule has 0 aliphatic rings. The molecule has 6 heteroatoms. The van der Waals surface area contributed by atoms with Crippen LogP contribution in [0.15, 0.2) is 47.8 Å². The van der Waals surface area contributed by atoms with Crippen LogP contribution in [0.25, 0.3) is 11.3 Å². The molecular formula is C21H22N2O3S. The van der Waals surface area contributed by atoms with Crippen molar-refractivity contribution < 1.29 is 14.3 Å². The minimum atomic E-state index is -0.0917. The number of hydrogen-bond donors (Lipinski definition) is 1. The van der Waals surface area contributed by atoms with Crippen LogP contribution in [0.4, 0.5) is 5.13 Å². The van der Waals surface area contributed by atoms with Crippen molar-refractivity contribution in [3.05, 3.63) is 59.0 Å². The Balaban J connectivity index is 1.63. The molecule has 3 aromatic rings. The number of thiazole rings is 1. The lowest BCUT2D eigenvalue weighted by Gasteiger charge is -2.06. The number of ether oxygens (including phenoxy) is 2. The van der Waals surface area contributed by atoms with Gasteiger partial charge in [-0.2, -0.15) is 0 Å². The van der Waals surface area contributed by atoms with Crippen molar-refractivity contribution in [1.82, 2.24) is 4.98 Å². The van der Waals surface area contributed by atoms with Crippen LogP contribution in [-0.2, 0) is 11.2 Å². The average molecular weight is 382 g/mol. The Labute approximate surface area is 163 Å². The van der Waals surface area contributed by atoms with E-state index >= 15 is 0 Å². The fraction of sp³-hybridized carbons (Fsp3) is 0.238. The molecule has 0 saturated heterocycles. The molecular weight excluding hydrogens is 360 g/mol. The monoisotopic (exact) mass is 382 g/mol. The molecule has 0 fully saturated rings. The molecule has 0 aliphatic carbocycles. The fourth-order valence-electron chi connectivity index (χ4n) is 2.72. The summed E-state index contributed by atoms with van der Waals surface area (Å²) in [6, 6.07) is 13.5. The van der Waals surface area contributed by atoms with E-state index in [2.05, 4.69) is 10.3 Å². The van der Waals surface area contributed by atoms with Crippen LogP contribution in [0.5, 0.6) is 11.5 Å². The molecule has 0 saturated carbocycles. The van der Waals surface area contributed by atoms with Crippen LogP contribution in [0.3, 0.4) is 0 Å². The number of aromatic nitrogens is 1. The summed E-state index contributed by atoms with van der Waals surface area (Å²) < 4.78 is 10.7. The molecule has 3 rings (SSSR count). The summed E-state index contributed by atoms with van der Waals surface area (Å²) in [5.41, 5.74) is 3.81. The normalized spacial score (nSPS) is 10.5. The Morgan fingerprint density at radius 3 is 2.63 bits per heavy atom. The zero-order chi connectivity index (χ0) is 19.2. The van der Waals surface area contributed by atoms with Crippen molar-refractivity contribution in [2.75, 3.05) is 19.0 Å². The second kappa shape index (κ2) is 8.68. The quantitative estimate of drug-likeness (QED) is 0.643. The van der Waals surface area contributed by atoms with Crippen molar-refractivity contribution in [3.8, 4) is 22.8 Å². The van der Waals surface area contributed by atoms with Crippen molar-refractivity contribution in [3.63, 3.8) is 0 Å². The molecule has 0 unspecified atom stereocenters. The highest BCUT2D eigenvalue weighted by atomic mass is 32.1. The first-order valence-electron chi connectivity index (χ1n) is 8.71. The summed E-state index contributed by atoms with van der Waals surface area (Å²) in [5.74, 6) is 1.56. The molecule has 0 spiro atoms. The first-order valence-corrected chi connectivity index (χ1v) is 9.59. The zero-order valence-electron chi connectivity index (χ0n) is 15.6. The minimum absolute atomic E-state index is 0.0917. The third-order valence-corrected chi connectivity index (χ3v) is 4.80. The van der Waals surface area contributed by atoms with E-state index in [0.29, 0.717) is 18.2 Å². The lowest BCUT2D eigenvalue weighted by molar-refractivity contribution is -0.115. The molecule has 0 aliphatic heterocycles. The predicted octanol–water partition coefficient (Wildman–Crippen LogP) is 4.71. The standard InChI is InChI=1S/C21H22N2O3S/c1-4-26-17-8-5-15(6-9-17)12-20(24)23-21-22-18(13-27-21)16-7-10-19(25-3)14(2)11-16/h5-11,13H,4,12H2,1-3H3,(H,22,23,24). The number of methoxy groups -OCH3 is 1. The van der Waals surface area contributed by atoms with Gasteiger partial charge >= 0.3 is 0 Å². The predicted molar refractivity (Wildman–Crippen MR) is 109 cm³/mol. The Hall–Kier alpha value is -2.86. The fourth-order valence-corrected chi connectivity index (χ4v) is 3.46. The van der Waals surface area contributed by atoms with E-state index in [-0.39, 0.29) is 5.91 Å². The van der Waals surface area contributed by atoms with Gasteiger partial charge in [0.15, 0.2) is 5.13 Å². The highest BCUT2D eigenvalue weighted by Crippen LogP contribution is 2.28. The van der Waals surface area contributed by atoms with E-state index in [0.717, 1.165) is 33.9 Å². The van der Waals surface area contributed by atoms with Crippen molar-refractivity contribution in [1.29, 1.82) is 0 Å². The molecule has 1 amide bonds. The summed E-state index contributed by atoms with van der Waals surface area (Å²) in [4.78, 5) is 16.8. The van der Waals surface area contributed by atoms with Crippen molar-refractivity contribution in [2.24, 2.45) is 0 Å². The maximum absolute atomic E-state index is 12.3. The van der Waals surface area contributed by atoms with Gasteiger partial charge in [-0.3, -0.25) is 4.79 Å². The van der Waals surface area contributed by atoms with Gasteiger partial charge in [0.1, 0.15) is 11.5 Å². The third kappa shape index (κ3) is 4.86. The summed E-state index contributed by atoms with van der Waals surface area (Å²) in [7, 11) is 1.66. The Bertz CT molecular complexity index is 919. The summed E-state index contributed by atoms with van der Waals surface area (Å²) in [6.07, 6.45) is 0.295. The van der Waals surface area contributed by atoms with Crippen LogP contribution < -0.4 is 14.8 Å². The first-order chi connectivity index (χ1) is 13.1. The maximum atomic E-state index is 12.3. The molecule has 1 aromatic heterocycles. The smallest absolute Gasteiger partial charge is 0.230 e. The molecule has 1 N–H and O–H groups in total. The van der Waals surface area contributed by atoms with Gasteiger partial charge in [-0.25, -0.2) is 4.98 Å². The van der Waals surface area contributed by atoms with E-state index in [4.69, 9.17) is 9.47 Å². The topological polar surface area (TPSA) is 60.5 Å². The van der Waals surface area contributed by atoms with Gasteiger partial charge in [-0.1, -0.05) is 12.1 Å². The van der Waals surface area contributed by atoms with Gasteiger partial charge in [0, 0.05) is 10.9 Å². The van der Waals surface area contributed by atoms with Gasteiger partial charge in [0.05, 0.1) is 25.8 Å². The zero-order valence-corrected chi connectivity index (χ0v) is 16.4. The second-order valence-corrected chi connectivity index (χ2v) is 6.88. The van der Waals surface area contributed by atoms with Gasteiger partial charge < -0.3 is 14.8 Å². The number of carbonyl (C=O) groups is 1. The van der Waals surface area contributed by atoms with Gasteiger partial charge in [-0.05, 0) is 55.3 Å². The molecule has 0 bridgehead atoms. The van der Waals surface area contributed by atoms with Crippen molar-refractivity contribution >= 4 is 22.4 Å². The van der Waals surface area contributed by atoms with E-state index in [1.807, 2.05) is 61.7 Å². The minimum Gasteiger partial charge on any atom is -0.496 e. The van der Waals surface area contributed by atoms with E-state index in [9.17, 15) is 4.79 Å². The first kappa shape index (κ1) is 18.9. The largest absolute Gasteiger partial charge is 0.496 e. The number of aryl methyl sites for hydroxylation is 1. The number of anilines is 1. The van der Waals surface area contributed by atoms with Crippen LogP contribution >= 0.6 is 11.3 Å². The number of nitrogens with zero attached hydrogens (tertiary/aromatic N) is 1. The van der Waals surface area contributed by atoms with Gasteiger partial charge in [-0.15, -0.1) is 11.3 Å². The highest BCUT2D eigenvalue weighted by Gasteiger charge is 2.10. The van der Waals surface area contributed by atoms with Crippen LogP contribution in [-0.4, -0.2) is 24.6 Å². The molecule has 0 atom stereocenters. The number of carbonyl (C=O) groups excluding carboxylic acids is 1. The molecule has 2 aromatic carbocycles. The SMILES string of the molecule is CCOc1ccc(CC(=O)Nc2nc(-c3ccc(OC)c(C)c3)cs2)cc1. The third-order valence-electron chi connectivity index (χ3n) is 4.04. The summed E-state index contributed by atoms with van der Waals surface area (Å²) in [5, 5.41) is 5.40. The lowest BCUT2D eigenvalue weighted by Crippen LogP contribution is -2.14. The number of hydrogen-bond acceptors (Lipinski definition) is 5. The second-order valence-electron chi connectivity index (χ2n) is 6.02. The van der Waals surface area contributed by atoms with E-state index in [1.54, 1.807) is 7.11 Å². The summed E-state index contributed by atoms with van der Waals surface area (Å²) >= 11 is 1.41. The molecule has 140 valence electrons. The number of rotatable bonds is 7.